The molecule has 1 unspecified atom stereocenters. The van der Waals surface area contributed by atoms with Crippen molar-refractivity contribution >= 4 is 21.8 Å². The van der Waals surface area contributed by atoms with Gasteiger partial charge < -0.3 is 15.4 Å². The van der Waals surface area contributed by atoms with Gasteiger partial charge in [-0.05, 0) is 31.5 Å². The highest BCUT2D eigenvalue weighted by Gasteiger charge is 2.32. The smallest absolute Gasteiger partial charge is 0.229 e. The van der Waals surface area contributed by atoms with Gasteiger partial charge in [-0.3, -0.25) is 4.79 Å². The van der Waals surface area contributed by atoms with Gasteiger partial charge in [-0.15, -0.1) is 0 Å². The summed E-state index contributed by atoms with van der Waals surface area (Å²) in [6.45, 7) is 4.74. The molecule has 0 bridgehead atoms. The summed E-state index contributed by atoms with van der Waals surface area (Å²) in [5.74, 6) is 0.836. The molecule has 0 aliphatic heterocycles. The number of hydrogen-bond donors (Lipinski definition) is 1. The molecule has 0 aliphatic rings. The number of hydrogen-bond acceptors (Lipinski definition) is 3. The van der Waals surface area contributed by atoms with E-state index in [4.69, 9.17) is 10.5 Å². The summed E-state index contributed by atoms with van der Waals surface area (Å²) in [7, 11) is 3.43. The molecule has 0 heterocycles. The van der Waals surface area contributed by atoms with Crippen LogP contribution in [-0.4, -0.2) is 31.5 Å². The minimum absolute atomic E-state index is 0.0597. The molecule has 0 aromatic heterocycles. The van der Waals surface area contributed by atoms with Gasteiger partial charge in [0.1, 0.15) is 5.75 Å². The molecule has 0 aliphatic carbocycles. The number of benzene rings is 1. The van der Waals surface area contributed by atoms with Gasteiger partial charge in [0.25, 0.3) is 0 Å². The van der Waals surface area contributed by atoms with E-state index >= 15 is 0 Å². The quantitative estimate of drug-likeness (QED) is 0.864. The third kappa shape index (κ3) is 3.73. The number of rotatable bonds is 6. The molecule has 112 valence electrons. The first-order chi connectivity index (χ1) is 9.37. The van der Waals surface area contributed by atoms with E-state index in [1.807, 2.05) is 32.0 Å². The van der Waals surface area contributed by atoms with Crippen LogP contribution in [0.5, 0.6) is 5.75 Å². The van der Waals surface area contributed by atoms with E-state index in [1.54, 1.807) is 19.1 Å². The highest BCUT2D eigenvalue weighted by molar-refractivity contribution is 9.10. The van der Waals surface area contributed by atoms with Gasteiger partial charge in [0.15, 0.2) is 0 Å². The fraction of sp³-hybridized carbons (Fsp3) is 0.533. The van der Waals surface area contributed by atoms with Crippen molar-refractivity contribution in [2.75, 3.05) is 20.7 Å². The van der Waals surface area contributed by atoms with E-state index in [0.29, 0.717) is 13.1 Å². The molecule has 0 saturated carbocycles. The van der Waals surface area contributed by atoms with Crippen LogP contribution in [0.25, 0.3) is 0 Å². The molecule has 2 N–H and O–H groups in total. The predicted octanol–water partition coefficient (Wildman–Crippen LogP) is 2.79. The van der Waals surface area contributed by atoms with Crippen molar-refractivity contribution < 1.29 is 9.53 Å². The van der Waals surface area contributed by atoms with E-state index < -0.39 is 5.41 Å². The Bertz CT molecular complexity index is 473. The number of amides is 1. The summed E-state index contributed by atoms with van der Waals surface area (Å²) in [6, 6.07) is 5.77. The highest BCUT2D eigenvalue weighted by Crippen LogP contribution is 2.27. The molecule has 1 rings (SSSR count). The monoisotopic (exact) mass is 342 g/mol. The van der Waals surface area contributed by atoms with Crippen LogP contribution in [0.3, 0.4) is 0 Å². The van der Waals surface area contributed by atoms with Crippen molar-refractivity contribution in [2.24, 2.45) is 11.1 Å². The van der Waals surface area contributed by atoms with Crippen molar-refractivity contribution in [1.29, 1.82) is 0 Å². The maximum absolute atomic E-state index is 12.5. The van der Waals surface area contributed by atoms with Crippen molar-refractivity contribution in [2.45, 2.75) is 26.8 Å². The summed E-state index contributed by atoms with van der Waals surface area (Å²) in [6.07, 6.45) is 0.724. The van der Waals surface area contributed by atoms with Crippen LogP contribution in [0.2, 0.25) is 0 Å². The molecule has 1 aromatic rings. The molecule has 1 atom stereocenters. The molecule has 0 saturated heterocycles. The Morgan fingerprint density at radius 2 is 2.15 bits per heavy atom. The largest absolute Gasteiger partial charge is 0.496 e. The molecule has 20 heavy (non-hydrogen) atoms. The molecule has 0 fully saturated rings. The van der Waals surface area contributed by atoms with Crippen LogP contribution in [0.15, 0.2) is 22.7 Å². The fourth-order valence-electron chi connectivity index (χ4n) is 2.04. The van der Waals surface area contributed by atoms with E-state index in [0.717, 1.165) is 22.2 Å². The Morgan fingerprint density at radius 1 is 1.50 bits per heavy atom. The number of nitrogens with two attached hydrogens (primary N) is 1. The minimum Gasteiger partial charge on any atom is -0.496 e. The number of ether oxygens (including phenoxy) is 1. The topological polar surface area (TPSA) is 55.6 Å². The standard InChI is InChI=1S/C15H23BrN2O2/c1-5-15(2,10-17)14(19)18(3)9-11-8-12(16)6-7-13(11)20-4/h6-8H,5,9-10,17H2,1-4H3. The van der Waals surface area contributed by atoms with Gasteiger partial charge in [-0.2, -0.15) is 0 Å². The first-order valence-electron chi connectivity index (χ1n) is 6.66. The molecule has 4 nitrogen and oxygen atoms in total. The molecular formula is C15H23BrN2O2. The number of methoxy groups -OCH3 is 1. The Kier molecular flexibility index (Phi) is 6.02. The van der Waals surface area contributed by atoms with Crippen LogP contribution in [0.1, 0.15) is 25.8 Å². The van der Waals surface area contributed by atoms with E-state index in [2.05, 4.69) is 15.9 Å². The van der Waals surface area contributed by atoms with Gasteiger partial charge in [0.2, 0.25) is 5.91 Å². The lowest BCUT2D eigenvalue weighted by atomic mass is 9.86. The second-order valence-corrected chi connectivity index (χ2v) is 6.15. The van der Waals surface area contributed by atoms with Gasteiger partial charge in [-0.25, -0.2) is 0 Å². The highest BCUT2D eigenvalue weighted by atomic mass is 79.9. The first-order valence-corrected chi connectivity index (χ1v) is 7.45. The zero-order valence-electron chi connectivity index (χ0n) is 12.6. The lowest BCUT2D eigenvalue weighted by Gasteiger charge is -2.31. The summed E-state index contributed by atoms with van der Waals surface area (Å²) in [5, 5.41) is 0. The lowest BCUT2D eigenvalue weighted by Crippen LogP contribution is -2.44. The number of nitrogens with zero attached hydrogens (tertiary/aromatic N) is 1. The van der Waals surface area contributed by atoms with E-state index in [1.165, 1.54) is 0 Å². The van der Waals surface area contributed by atoms with Crippen molar-refractivity contribution in [3.63, 3.8) is 0 Å². The zero-order valence-corrected chi connectivity index (χ0v) is 14.2. The average molecular weight is 343 g/mol. The Morgan fingerprint density at radius 3 is 2.65 bits per heavy atom. The maximum atomic E-state index is 12.5. The van der Waals surface area contributed by atoms with Gasteiger partial charge >= 0.3 is 0 Å². The lowest BCUT2D eigenvalue weighted by molar-refractivity contribution is -0.140. The summed E-state index contributed by atoms with van der Waals surface area (Å²) in [5.41, 5.74) is 6.21. The Labute approximate surface area is 129 Å². The third-order valence-electron chi connectivity index (χ3n) is 3.74. The molecule has 0 radical (unpaired) electrons. The predicted molar refractivity (Wildman–Crippen MR) is 84.6 cm³/mol. The molecule has 5 heteroatoms. The number of carbonyl (C=O) groups excluding carboxylic acids is 1. The first kappa shape index (κ1) is 17.0. The van der Waals surface area contributed by atoms with Crippen LogP contribution < -0.4 is 10.5 Å². The van der Waals surface area contributed by atoms with Crippen LogP contribution in [0.4, 0.5) is 0 Å². The fourth-order valence-corrected chi connectivity index (χ4v) is 2.45. The van der Waals surface area contributed by atoms with Gasteiger partial charge in [0, 0.05) is 30.2 Å². The van der Waals surface area contributed by atoms with Gasteiger partial charge in [-0.1, -0.05) is 22.9 Å². The van der Waals surface area contributed by atoms with Crippen molar-refractivity contribution in [1.82, 2.24) is 4.90 Å². The van der Waals surface area contributed by atoms with E-state index in [-0.39, 0.29) is 5.91 Å². The SMILES string of the molecule is CCC(C)(CN)C(=O)N(C)Cc1cc(Br)ccc1OC. The normalized spacial score (nSPS) is 13.7. The Hall–Kier alpha value is -1.07. The molecule has 1 amide bonds. The van der Waals surface area contributed by atoms with Crippen LogP contribution in [0, 0.1) is 5.41 Å². The van der Waals surface area contributed by atoms with Crippen molar-refractivity contribution in [3.8, 4) is 5.75 Å². The van der Waals surface area contributed by atoms with E-state index in [9.17, 15) is 4.79 Å². The maximum Gasteiger partial charge on any atom is 0.229 e. The summed E-state index contributed by atoms with van der Waals surface area (Å²) in [4.78, 5) is 14.2. The molecule has 1 aromatic carbocycles. The van der Waals surface area contributed by atoms with Crippen LogP contribution >= 0.6 is 15.9 Å². The van der Waals surface area contributed by atoms with Crippen LogP contribution in [-0.2, 0) is 11.3 Å². The Balaban J connectivity index is 2.93. The zero-order chi connectivity index (χ0) is 15.3. The number of halogens is 1. The number of carbonyl (C=O) groups is 1. The minimum atomic E-state index is -0.506. The molecule has 0 spiro atoms. The summed E-state index contributed by atoms with van der Waals surface area (Å²) >= 11 is 3.44. The second-order valence-electron chi connectivity index (χ2n) is 5.24. The summed E-state index contributed by atoms with van der Waals surface area (Å²) < 4.78 is 6.30. The average Bonchev–Trinajstić information content (AvgIpc) is 2.45. The third-order valence-corrected chi connectivity index (χ3v) is 4.24. The molecular weight excluding hydrogens is 320 g/mol. The van der Waals surface area contributed by atoms with Crippen molar-refractivity contribution in [3.05, 3.63) is 28.2 Å². The second kappa shape index (κ2) is 7.09. The van der Waals surface area contributed by atoms with Gasteiger partial charge in [0.05, 0.1) is 12.5 Å².